The standard InChI is InChI=1S/C29H16N2OS/c1-3-11-22-18(8-1)26-17(10-7-12-23(26)32-22)20-16-21-28(30-25-14-5-6-15-31(21)25)29-27(20)19-9-2-4-13-24(19)33-29/h1-16H. The van der Waals surface area contributed by atoms with E-state index in [-0.39, 0.29) is 0 Å². The highest BCUT2D eigenvalue weighted by Gasteiger charge is 2.20. The summed E-state index contributed by atoms with van der Waals surface area (Å²) in [5.41, 5.74) is 7.41. The van der Waals surface area contributed by atoms with Crippen LogP contribution in [0.5, 0.6) is 0 Å². The van der Waals surface area contributed by atoms with Crippen molar-refractivity contribution >= 4 is 70.1 Å². The topological polar surface area (TPSA) is 30.4 Å². The molecule has 0 fully saturated rings. The Hall–Kier alpha value is -4.15. The molecule has 4 heterocycles. The van der Waals surface area contributed by atoms with Gasteiger partial charge in [-0.2, -0.15) is 0 Å². The zero-order chi connectivity index (χ0) is 21.5. The summed E-state index contributed by atoms with van der Waals surface area (Å²) in [6.07, 6.45) is 2.10. The van der Waals surface area contributed by atoms with Crippen LogP contribution in [0.25, 0.3) is 69.9 Å². The number of imidazole rings is 1. The second kappa shape index (κ2) is 6.21. The van der Waals surface area contributed by atoms with E-state index in [1.54, 1.807) is 0 Å². The van der Waals surface area contributed by atoms with Crippen molar-refractivity contribution in [2.24, 2.45) is 0 Å². The van der Waals surface area contributed by atoms with Gasteiger partial charge in [-0.1, -0.05) is 54.6 Å². The Bertz CT molecular complexity index is 2040. The van der Waals surface area contributed by atoms with Gasteiger partial charge in [0.15, 0.2) is 0 Å². The fourth-order valence-electron chi connectivity index (χ4n) is 5.22. The maximum Gasteiger partial charge on any atom is 0.137 e. The zero-order valence-corrected chi connectivity index (χ0v) is 18.3. The molecule has 0 aliphatic rings. The van der Waals surface area contributed by atoms with Crippen molar-refractivity contribution in [3.8, 4) is 11.1 Å². The molecule has 4 aromatic carbocycles. The van der Waals surface area contributed by atoms with Crippen LogP contribution in [0.2, 0.25) is 0 Å². The van der Waals surface area contributed by atoms with Gasteiger partial charge in [-0.3, -0.25) is 4.40 Å². The van der Waals surface area contributed by atoms with Gasteiger partial charge in [0.2, 0.25) is 0 Å². The minimum Gasteiger partial charge on any atom is -0.456 e. The minimum atomic E-state index is 0.916. The molecule has 0 saturated heterocycles. The van der Waals surface area contributed by atoms with Crippen molar-refractivity contribution in [3.63, 3.8) is 0 Å². The molecule has 4 heteroatoms. The van der Waals surface area contributed by atoms with Crippen molar-refractivity contribution in [2.45, 2.75) is 0 Å². The summed E-state index contributed by atoms with van der Waals surface area (Å²) in [4.78, 5) is 5.03. The molecule has 8 rings (SSSR count). The molecule has 0 saturated carbocycles. The van der Waals surface area contributed by atoms with Crippen LogP contribution in [0, 0.1) is 0 Å². The number of hydrogen-bond donors (Lipinski definition) is 0. The number of benzene rings is 4. The first kappa shape index (κ1) is 17.4. The molecule has 0 spiro atoms. The van der Waals surface area contributed by atoms with Crippen molar-refractivity contribution in [1.29, 1.82) is 0 Å². The Balaban J connectivity index is 1.65. The Morgan fingerprint density at radius 2 is 1.52 bits per heavy atom. The number of fused-ring (bicyclic) bond motifs is 10. The van der Waals surface area contributed by atoms with Crippen LogP contribution in [0.15, 0.2) is 102 Å². The number of thiophene rings is 1. The number of furan rings is 1. The molecular formula is C29H16N2OS. The molecule has 0 aliphatic heterocycles. The average Bonchev–Trinajstić information content (AvgIpc) is 3.54. The van der Waals surface area contributed by atoms with Gasteiger partial charge in [0, 0.05) is 32.4 Å². The highest BCUT2D eigenvalue weighted by molar-refractivity contribution is 7.26. The van der Waals surface area contributed by atoms with Crippen LogP contribution in [-0.2, 0) is 0 Å². The van der Waals surface area contributed by atoms with E-state index in [9.17, 15) is 0 Å². The first-order valence-corrected chi connectivity index (χ1v) is 11.8. The van der Waals surface area contributed by atoms with Crippen LogP contribution in [0.1, 0.15) is 0 Å². The van der Waals surface area contributed by atoms with E-state index < -0.39 is 0 Å². The third-order valence-corrected chi connectivity index (χ3v) is 7.80. The molecule has 0 N–H and O–H groups in total. The fraction of sp³-hybridized carbons (Fsp3) is 0. The second-order valence-electron chi connectivity index (χ2n) is 8.41. The first-order chi connectivity index (χ1) is 16.4. The van der Waals surface area contributed by atoms with Crippen LogP contribution in [0.4, 0.5) is 0 Å². The van der Waals surface area contributed by atoms with Gasteiger partial charge in [-0.05, 0) is 47.5 Å². The molecule has 0 radical (unpaired) electrons. The highest BCUT2D eigenvalue weighted by Crippen LogP contribution is 2.46. The van der Waals surface area contributed by atoms with E-state index in [2.05, 4.69) is 83.4 Å². The molecule has 3 nitrogen and oxygen atoms in total. The number of aromatic nitrogens is 2. The van der Waals surface area contributed by atoms with Gasteiger partial charge in [-0.25, -0.2) is 4.98 Å². The van der Waals surface area contributed by atoms with E-state index >= 15 is 0 Å². The lowest BCUT2D eigenvalue weighted by atomic mass is 9.95. The summed E-state index contributed by atoms with van der Waals surface area (Å²) in [5.74, 6) is 0. The number of nitrogens with zero attached hydrogens (tertiary/aromatic N) is 2. The zero-order valence-electron chi connectivity index (χ0n) is 17.4. The first-order valence-electron chi connectivity index (χ1n) is 11.0. The van der Waals surface area contributed by atoms with Gasteiger partial charge in [0.25, 0.3) is 0 Å². The minimum absolute atomic E-state index is 0.916. The molecule has 8 aromatic rings. The number of para-hydroxylation sites is 1. The lowest BCUT2D eigenvalue weighted by Gasteiger charge is -2.08. The average molecular weight is 441 g/mol. The third kappa shape index (κ3) is 2.25. The van der Waals surface area contributed by atoms with Gasteiger partial charge < -0.3 is 4.42 Å². The predicted molar refractivity (Wildman–Crippen MR) is 138 cm³/mol. The molecule has 154 valence electrons. The summed E-state index contributed by atoms with van der Waals surface area (Å²) >= 11 is 1.83. The quantitative estimate of drug-likeness (QED) is 0.256. The van der Waals surface area contributed by atoms with Crippen LogP contribution >= 0.6 is 11.3 Å². The van der Waals surface area contributed by atoms with Gasteiger partial charge in [-0.15, -0.1) is 11.3 Å². The summed E-state index contributed by atoms with van der Waals surface area (Å²) < 4.78 is 10.9. The van der Waals surface area contributed by atoms with Crippen molar-refractivity contribution in [2.75, 3.05) is 0 Å². The molecular weight excluding hydrogens is 424 g/mol. The van der Waals surface area contributed by atoms with Crippen molar-refractivity contribution in [3.05, 3.63) is 97.2 Å². The Morgan fingerprint density at radius 1 is 0.697 bits per heavy atom. The monoisotopic (exact) mass is 440 g/mol. The predicted octanol–water partition coefficient (Wildman–Crippen LogP) is 8.42. The molecule has 0 unspecified atom stereocenters. The van der Waals surface area contributed by atoms with Crippen LogP contribution < -0.4 is 0 Å². The largest absolute Gasteiger partial charge is 0.456 e. The van der Waals surface area contributed by atoms with Crippen LogP contribution in [-0.4, -0.2) is 9.38 Å². The SMILES string of the molecule is c1ccc2c(c1)oc1cccc(-c3cc4c(nc5ccccn54)c4sc5ccccc5c34)c12. The molecule has 0 aliphatic carbocycles. The molecule has 0 bridgehead atoms. The van der Waals surface area contributed by atoms with E-state index in [0.29, 0.717) is 0 Å². The van der Waals surface area contributed by atoms with Crippen LogP contribution in [0.3, 0.4) is 0 Å². The second-order valence-corrected chi connectivity index (χ2v) is 9.46. The number of pyridine rings is 1. The molecule has 0 atom stereocenters. The summed E-state index contributed by atoms with van der Waals surface area (Å²) in [7, 11) is 0. The van der Waals surface area contributed by atoms with Gasteiger partial charge in [0.1, 0.15) is 22.3 Å². The van der Waals surface area contributed by atoms with E-state index in [1.165, 1.54) is 31.3 Å². The third-order valence-electron chi connectivity index (χ3n) is 6.62. The van der Waals surface area contributed by atoms with Gasteiger partial charge in [0.05, 0.1) is 10.2 Å². The van der Waals surface area contributed by atoms with Crippen molar-refractivity contribution < 1.29 is 4.42 Å². The lowest BCUT2D eigenvalue weighted by molar-refractivity contribution is 0.669. The van der Waals surface area contributed by atoms with Gasteiger partial charge >= 0.3 is 0 Å². The number of hydrogen-bond acceptors (Lipinski definition) is 3. The Morgan fingerprint density at radius 3 is 2.48 bits per heavy atom. The highest BCUT2D eigenvalue weighted by atomic mass is 32.1. The summed E-state index contributed by atoms with van der Waals surface area (Å²) in [5, 5.41) is 4.85. The maximum atomic E-state index is 6.22. The summed E-state index contributed by atoms with van der Waals surface area (Å²) in [6.45, 7) is 0. The van der Waals surface area contributed by atoms with E-state index in [1.807, 2.05) is 29.5 Å². The van der Waals surface area contributed by atoms with E-state index in [4.69, 9.17) is 9.40 Å². The Kier molecular flexibility index (Phi) is 3.28. The normalized spacial score (nSPS) is 12.2. The van der Waals surface area contributed by atoms with Crippen molar-refractivity contribution in [1.82, 2.24) is 9.38 Å². The number of rotatable bonds is 1. The lowest BCUT2D eigenvalue weighted by Crippen LogP contribution is -1.86. The molecule has 4 aromatic heterocycles. The molecule has 33 heavy (non-hydrogen) atoms. The van der Waals surface area contributed by atoms with E-state index in [0.717, 1.165) is 38.6 Å². The maximum absolute atomic E-state index is 6.22. The smallest absolute Gasteiger partial charge is 0.137 e. The summed E-state index contributed by atoms with van der Waals surface area (Å²) in [6, 6.07) is 31.9. The Labute approximate surface area is 192 Å². The fourth-order valence-corrected chi connectivity index (χ4v) is 6.44. The molecule has 0 amide bonds.